The topological polar surface area (TPSA) is 29.3 Å². The molecule has 3 fully saturated rings. The maximum atomic E-state index is 6.78. The van der Waals surface area contributed by atoms with Crippen LogP contribution in [0.4, 0.5) is 0 Å². The minimum Gasteiger partial charge on any atom is -0.328 e. The van der Waals surface area contributed by atoms with E-state index in [0.717, 1.165) is 5.66 Å². The van der Waals surface area contributed by atoms with Gasteiger partial charge in [-0.1, -0.05) is 184 Å². The fourth-order valence-corrected chi connectivity index (χ4v) is 21.3. The first-order valence-corrected chi connectivity index (χ1v) is 25.8. The third-order valence-corrected chi connectivity index (χ3v) is 22.7. The maximum Gasteiger partial charge on any atom is 0.0186 e. The van der Waals surface area contributed by atoms with Crippen molar-refractivity contribution in [2.45, 2.75) is 119 Å². The molecule has 0 spiro atoms. The summed E-state index contributed by atoms with van der Waals surface area (Å²) in [6, 6.07) is 56.7. The lowest BCUT2D eigenvalue weighted by atomic mass is 10.0. The summed E-state index contributed by atoms with van der Waals surface area (Å²) in [7, 11) is -1.02. The monoisotopic (exact) mass is 806 g/mol. The van der Waals surface area contributed by atoms with Gasteiger partial charge in [-0.05, 0) is 108 Å². The summed E-state index contributed by atoms with van der Waals surface area (Å²) >= 11 is 6.78. The van der Waals surface area contributed by atoms with Crippen LogP contribution in [0.15, 0.2) is 152 Å². The molecule has 0 amide bonds. The van der Waals surface area contributed by atoms with E-state index in [4.69, 9.17) is 17.0 Å². The molecule has 3 heterocycles. The molecule has 6 heteroatoms. The third kappa shape index (κ3) is 10.8. The molecule has 5 aromatic carbocycles. The van der Waals surface area contributed by atoms with Crippen molar-refractivity contribution in [2.24, 2.45) is 5.73 Å². The first-order chi connectivity index (χ1) is 26.7. The quantitative estimate of drug-likeness (QED) is 0.158. The van der Waals surface area contributed by atoms with Gasteiger partial charge in [-0.2, -0.15) is 0 Å². The zero-order chi connectivity index (χ0) is 38.7. The smallest absolute Gasteiger partial charge is 0.0186 e. The molecule has 3 aliphatic heterocycles. The lowest BCUT2D eigenvalue weighted by Gasteiger charge is -2.47. The van der Waals surface area contributed by atoms with Crippen LogP contribution in [-0.2, 0) is 0 Å². The summed E-state index contributed by atoms with van der Waals surface area (Å²) in [5.74, 6) is 0. The van der Waals surface area contributed by atoms with Gasteiger partial charge in [0.1, 0.15) is 0 Å². The van der Waals surface area contributed by atoms with Crippen LogP contribution >= 0.6 is 34.7 Å². The van der Waals surface area contributed by atoms with Gasteiger partial charge in [0.25, 0.3) is 0 Å². The molecular formula is C49H62ClN2P3. The molecule has 0 saturated carbocycles. The van der Waals surface area contributed by atoms with E-state index in [1.807, 2.05) is 13.8 Å². The molecule has 0 bridgehead atoms. The minimum atomic E-state index is -0.472. The van der Waals surface area contributed by atoms with Crippen LogP contribution in [0.1, 0.15) is 129 Å². The molecule has 8 rings (SSSR count). The van der Waals surface area contributed by atoms with Crippen LogP contribution in [0, 0.1) is 0 Å². The molecule has 0 aliphatic carbocycles. The summed E-state index contributed by atoms with van der Waals surface area (Å²) < 4.78 is 3.11. The molecule has 3 saturated heterocycles. The van der Waals surface area contributed by atoms with Crippen molar-refractivity contribution in [3.05, 3.63) is 179 Å². The lowest BCUT2D eigenvalue weighted by Crippen LogP contribution is -2.26. The molecule has 2 N–H and O–H groups in total. The standard InChI is InChI=1S/C30H37NP2.C16H16ClP.C3H9N/c1-23(2)31(32-24(3)19-20-28(32)25-13-7-4-8-14-25)33-29(26-15-9-5-10-16-26)21-22-30(33)27-17-11-6-12-18-27;17-18-15(13-7-3-1-4-8-13)11-12-16(18)14-9-5-2-6-10-14;1-3(2)4/h4-18,23-24,28-30H,19-22H2,1-3H3;1-10,15-16H,11-12H2;3H,4H2,1-2H3/t24-,28?,29+,30+,32?;15-,16-;/m10./s1. The highest BCUT2D eigenvalue weighted by Gasteiger charge is 2.49. The number of nitrogens with zero attached hydrogens (tertiary/aromatic N) is 1. The van der Waals surface area contributed by atoms with Crippen LogP contribution in [0.5, 0.6) is 0 Å². The molecule has 5 aromatic rings. The van der Waals surface area contributed by atoms with Crippen molar-refractivity contribution in [1.29, 1.82) is 0 Å². The average Bonchev–Trinajstić information content (AvgIpc) is 3.94. The summed E-state index contributed by atoms with van der Waals surface area (Å²) in [6.07, 6.45) is 7.77. The second-order valence-corrected chi connectivity index (χ2v) is 24.5. The highest BCUT2D eigenvalue weighted by atomic mass is 35.7. The first-order valence-electron chi connectivity index (χ1n) is 20.5. The Morgan fingerprint density at radius 3 is 1.02 bits per heavy atom. The van der Waals surface area contributed by atoms with Gasteiger partial charge in [0, 0.05) is 41.6 Å². The Kier molecular flexibility index (Phi) is 16.0. The van der Waals surface area contributed by atoms with E-state index < -0.39 is 7.27 Å². The van der Waals surface area contributed by atoms with Crippen LogP contribution in [0.25, 0.3) is 0 Å². The van der Waals surface area contributed by atoms with Gasteiger partial charge in [-0.15, -0.1) is 0 Å². The summed E-state index contributed by atoms with van der Waals surface area (Å²) in [6.45, 7) is 11.4. The number of hydrogen-bond acceptors (Lipinski definition) is 2. The van der Waals surface area contributed by atoms with Gasteiger partial charge in [0.05, 0.1) is 0 Å². The van der Waals surface area contributed by atoms with Gasteiger partial charge < -0.3 is 5.73 Å². The lowest BCUT2D eigenvalue weighted by molar-refractivity contribution is 0.555. The van der Waals surface area contributed by atoms with Crippen LogP contribution in [0.3, 0.4) is 0 Å². The van der Waals surface area contributed by atoms with E-state index >= 15 is 0 Å². The Hall–Kier alpha value is -2.40. The average molecular weight is 807 g/mol. The summed E-state index contributed by atoms with van der Waals surface area (Å²) in [4.78, 5) is 0. The van der Waals surface area contributed by atoms with E-state index in [0.29, 0.717) is 40.4 Å². The Bertz CT molecular complexity index is 1710. The van der Waals surface area contributed by atoms with E-state index in [1.165, 1.54) is 49.7 Å². The van der Waals surface area contributed by atoms with Crippen LogP contribution in [-0.4, -0.2) is 22.2 Å². The molecule has 7 atom stereocenters. The van der Waals surface area contributed by atoms with Crippen molar-refractivity contribution in [1.82, 2.24) is 4.44 Å². The second kappa shape index (κ2) is 20.9. The van der Waals surface area contributed by atoms with E-state index in [2.05, 4.69) is 177 Å². The fraction of sp³-hybridized carbons (Fsp3) is 0.388. The number of rotatable bonds is 8. The predicted molar refractivity (Wildman–Crippen MR) is 246 cm³/mol. The fourth-order valence-electron chi connectivity index (χ4n) is 8.78. The summed E-state index contributed by atoms with van der Waals surface area (Å²) in [5.41, 5.74) is 16.6. The molecule has 0 aromatic heterocycles. The van der Waals surface area contributed by atoms with Gasteiger partial charge in [-0.25, -0.2) is 0 Å². The summed E-state index contributed by atoms with van der Waals surface area (Å²) in [5, 5.41) is 0. The highest BCUT2D eigenvalue weighted by Crippen LogP contribution is 2.82. The van der Waals surface area contributed by atoms with Crippen molar-refractivity contribution < 1.29 is 0 Å². The minimum absolute atomic E-state index is 0.232. The van der Waals surface area contributed by atoms with Gasteiger partial charge >= 0.3 is 0 Å². The number of hydrogen-bond donors (Lipinski definition) is 1. The van der Waals surface area contributed by atoms with Crippen LogP contribution < -0.4 is 5.73 Å². The number of benzene rings is 5. The predicted octanol–water partition coefficient (Wildman–Crippen LogP) is 15.9. The second-order valence-electron chi connectivity index (χ2n) is 16.0. The normalized spacial score (nSPS) is 25.5. The largest absolute Gasteiger partial charge is 0.328 e. The molecule has 2 nitrogen and oxygen atoms in total. The highest BCUT2D eigenvalue weighted by molar-refractivity contribution is 7.84. The van der Waals surface area contributed by atoms with E-state index in [1.54, 1.807) is 16.7 Å². The van der Waals surface area contributed by atoms with Crippen molar-refractivity contribution in [3.8, 4) is 0 Å². The van der Waals surface area contributed by atoms with E-state index in [-0.39, 0.29) is 16.1 Å². The molecule has 290 valence electrons. The number of halogens is 1. The maximum absolute atomic E-state index is 6.78. The Morgan fingerprint density at radius 2 is 0.709 bits per heavy atom. The third-order valence-electron chi connectivity index (χ3n) is 11.1. The Morgan fingerprint density at radius 1 is 0.455 bits per heavy atom. The zero-order valence-electron chi connectivity index (χ0n) is 33.5. The SMILES string of the molecule is CC(C)N.CC(C)N(P1C(c2ccccc2)CC[C@H]1C)P1[C@H](c2ccccc2)CC[C@H]1c1ccccc1.ClP1[C@H](c2ccccc2)CC[C@H]1c1ccccc1. The molecule has 3 aliphatic rings. The number of nitrogens with two attached hydrogens (primary N) is 1. The van der Waals surface area contributed by atoms with E-state index in [9.17, 15) is 0 Å². The van der Waals surface area contributed by atoms with Gasteiger partial charge in [0.15, 0.2) is 0 Å². The first kappa shape index (κ1) is 42.2. The molecule has 0 radical (unpaired) electrons. The molecular weight excluding hydrogens is 745 g/mol. The van der Waals surface area contributed by atoms with Gasteiger partial charge in [-0.3, -0.25) is 4.44 Å². The van der Waals surface area contributed by atoms with Crippen molar-refractivity contribution >= 4 is 34.7 Å². The van der Waals surface area contributed by atoms with Crippen LogP contribution in [0.2, 0.25) is 0 Å². The Balaban J connectivity index is 0.000000196. The molecule has 2 unspecified atom stereocenters. The Labute approximate surface area is 341 Å². The molecule has 55 heavy (non-hydrogen) atoms. The van der Waals surface area contributed by atoms with Crippen molar-refractivity contribution in [3.63, 3.8) is 0 Å². The van der Waals surface area contributed by atoms with Crippen molar-refractivity contribution in [2.75, 3.05) is 0 Å². The zero-order valence-corrected chi connectivity index (χ0v) is 37.0. The van der Waals surface area contributed by atoms with Gasteiger partial charge in [0.2, 0.25) is 0 Å².